The molecule has 0 aliphatic carbocycles. The number of nitrogens with zero attached hydrogens (tertiary/aromatic N) is 1. The first-order valence-electron chi connectivity index (χ1n) is 5.87. The monoisotopic (exact) mass is 204 g/mol. The van der Waals surface area contributed by atoms with Crippen LogP contribution in [-0.4, -0.2) is 19.1 Å². The molecular weight excluding hydrogens is 184 g/mol. The number of nitrogens with two attached hydrogens (primary N) is 1. The molecule has 2 rings (SSSR count). The molecule has 1 aromatic carbocycles. The Hall–Kier alpha value is -1.02. The predicted octanol–water partition coefficient (Wildman–Crippen LogP) is 2.18. The summed E-state index contributed by atoms with van der Waals surface area (Å²) in [6, 6.07) is 9.36. The molecule has 2 heteroatoms. The molecule has 0 amide bonds. The molecule has 1 aliphatic heterocycles. The van der Waals surface area contributed by atoms with Gasteiger partial charge in [0.15, 0.2) is 0 Å². The van der Waals surface area contributed by atoms with E-state index in [0.29, 0.717) is 6.04 Å². The lowest BCUT2D eigenvalue weighted by molar-refractivity contribution is 0.582. The highest BCUT2D eigenvalue weighted by atomic mass is 15.2. The van der Waals surface area contributed by atoms with Gasteiger partial charge in [-0.1, -0.05) is 18.2 Å². The summed E-state index contributed by atoms with van der Waals surface area (Å²) in [4.78, 5) is 2.52. The van der Waals surface area contributed by atoms with Gasteiger partial charge in [0.1, 0.15) is 0 Å². The molecule has 2 nitrogen and oxygen atoms in total. The molecule has 0 fully saturated rings. The maximum atomic E-state index is 5.55. The Labute approximate surface area is 92.1 Å². The zero-order valence-corrected chi connectivity index (χ0v) is 9.45. The average molecular weight is 204 g/mol. The number of benzene rings is 1. The number of rotatable bonds is 4. The Morgan fingerprint density at radius 3 is 3.00 bits per heavy atom. The number of para-hydroxylation sites is 1. The van der Waals surface area contributed by atoms with E-state index in [1.54, 1.807) is 0 Å². The quantitative estimate of drug-likeness (QED) is 0.814. The van der Waals surface area contributed by atoms with Crippen molar-refractivity contribution in [1.29, 1.82) is 0 Å². The van der Waals surface area contributed by atoms with Gasteiger partial charge in [-0.3, -0.25) is 0 Å². The molecule has 15 heavy (non-hydrogen) atoms. The van der Waals surface area contributed by atoms with Crippen LogP contribution in [0, 0.1) is 0 Å². The van der Waals surface area contributed by atoms with E-state index in [2.05, 4.69) is 36.1 Å². The zero-order chi connectivity index (χ0) is 10.7. The third kappa shape index (κ3) is 2.15. The Morgan fingerprint density at radius 1 is 1.40 bits per heavy atom. The Balaban J connectivity index is 2.06. The summed E-state index contributed by atoms with van der Waals surface area (Å²) in [6.45, 7) is 4.28. The van der Waals surface area contributed by atoms with Gasteiger partial charge in [0.25, 0.3) is 0 Å². The topological polar surface area (TPSA) is 29.3 Å². The number of anilines is 1. The lowest BCUT2D eigenvalue weighted by atomic mass is 10.1. The normalized spacial score (nSPS) is 16.5. The minimum atomic E-state index is 0.622. The molecule has 0 aromatic heterocycles. The van der Waals surface area contributed by atoms with E-state index < -0.39 is 0 Å². The number of hydrogen-bond acceptors (Lipinski definition) is 2. The summed E-state index contributed by atoms with van der Waals surface area (Å²) < 4.78 is 0. The van der Waals surface area contributed by atoms with Crippen LogP contribution in [0.4, 0.5) is 5.69 Å². The largest absolute Gasteiger partial charge is 0.368 e. The molecule has 82 valence electrons. The van der Waals surface area contributed by atoms with Crippen LogP contribution >= 0.6 is 0 Å². The molecule has 1 heterocycles. The van der Waals surface area contributed by atoms with Gasteiger partial charge in [0.05, 0.1) is 0 Å². The van der Waals surface area contributed by atoms with E-state index >= 15 is 0 Å². The molecule has 1 atom stereocenters. The van der Waals surface area contributed by atoms with Crippen LogP contribution in [-0.2, 0) is 6.42 Å². The van der Waals surface area contributed by atoms with Gasteiger partial charge in [-0.25, -0.2) is 0 Å². The van der Waals surface area contributed by atoms with Gasteiger partial charge < -0.3 is 10.6 Å². The summed E-state index contributed by atoms with van der Waals surface area (Å²) in [7, 11) is 0. The molecule has 0 radical (unpaired) electrons. The molecular formula is C13H20N2. The van der Waals surface area contributed by atoms with E-state index in [0.717, 1.165) is 13.0 Å². The van der Waals surface area contributed by atoms with Crippen LogP contribution in [0.15, 0.2) is 24.3 Å². The minimum absolute atomic E-state index is 0.622. The second-order valence-corrected chi connectivity index (χ2v) is 4.35. The lowest BCUT2D eigenvalue weighted by Crippen LogP contribution is -2.31. The molecule has 1 aromatic rings. The van der Waals surface area contributed by atoms with E-state index in [9.17, 15) is 0 Å². The van der Waals surface area contributed by atoms with Crippen LogP contribution in [0.3, 0.4) is 0 Å². The van der Waals surface area contributed by atoms with Crippen LogP contribution in [0.1, 0.15) is 25.3 Å². The zero-order valence-electron chi connectivity index (χ0n) is 9.45. The molecule has 2 N–H and O–H groups in total. The molecule has 0 saturated carbocycles. The molecule has 0 spiro atoms. The van der Waals surface area contributed by atoms with Crippen LogP contribution in [0.5, 0.6) is 0 Å². The third-order valence-electron chi connectivity index (χ3n) is 3.28. The fourth-order valence-electron chi connectivity index (χ4n) is 2.39. The summed E-state index contributed by atoms with van der Waals surface area (Å²) in [6.07, 6.45) is 3.52. The maximum Gasteiger partial charge on any atom is 0.0401 e. The highest BCUT2D eigenvalue weighted by Gasteiger charge is 2.22. The fraction of sp³-hybridized carbons (Fsp3) is 0.538. The van der Waals surface area contributed by atoms with Crippen molar-refractivity contribution in [2.24, 2.45) is 5.73 Å². The van der Waals surface area contributed by atoms with E-state index in [1.807, 2.05) is 0 Å². The van der Waals surface area contributed by atoms with Gasteiger partial charge >= 0.3 is 0 Å². The highest BCUT2D eigenvalue weighted by molar-refractivity contribution is 5.58. The minimum Gasteiger partial charge on any atom is -0.368 e. The van der Waals surface area contributed by atoms with Gasteiger partial charge in [-0.15, -0.1) is 0 Å². The van der Waals surface area contributed by atoms with Crippen molar-refractivity contribution >= 4 is 5.69 Å². The van der Waals surface area contributed by atoms with Crippen molar-refractivity contribution in [1.82, 2.24) is 0 Å². The first-order chi connectivity index (χ1) is 7.33. The highest BCUT2D eigenvalue weighted by Crippen LogP contribution is 2.29. The van der Waals surface area contributed by atoms with E-state index in [-0.39, 0.29) is 0 Å². The van der Waals surface area contributed by atoms with Gasteiger partial charge in [0.2, 0.25) is 0 Å². The van der Waals surface area contributed by atoms with Gasteiger partial charge in [-0.05, 0) is 44.4 Å². The SMILES string of the molecule is CC(CCCN)N1CCc2ccccc21. The van der Waals surface area contributed by atoms with Gasteiger partial charge in [0, 0.05) is 18.3 Å². The molecule has 1 aliphatic rings. The van der Waals surface area contributed by atoms with Crippen LogP contribution in [0.25, 0.3) is 0 Å². The molecule has 0 saturated heterocycles. The van der Waals surface area contributed by atoms with Crippen molar-refractivity contribution in [2.45, 2.75) is 32.2 Å². The summed E-state index contributed by atoms with van der Waals surface area (Å²) in [5.41, 5.74) is 8.48. The third-order valence-corrected chi connectivity index (χ3v) is 3.28. The van der Waals surface area contributed by atoms with Crippen molar-refractivity contribution in [3.8, 4) is 0 Å². The Kier molecular flexibility index (Phi) is 3.27. The predicted molar refractivity (Wildman–Crippen MR) is 65.2 cm³/mol. The van der Waals surface area contributed by atoms with Crippen molar-refractivity contribution < 1.29 is 0 Å². The van der Waals surface area contributed by atoms with Crippen LogP contribution < -0.4 is 10.6 Å². The van der Waals surface area contributed by atoms with Crippen molar-refractivity contribution in [3.05, 3.63) is 29.8 Å². The van der Waals surface area contributed by atoms with Gasteiger partial charge in [-0.2, -0.15) is 0 Å². The Morgan fingerprint density at radius 2 is 2.20 bits per heavy atom. The summed E-state index contributed by atoms with van der Waals surface area (Å²) in [5.74, 6) is 0. The fourth-order valence-corrected chi connectivity index (χ4v) is 2.39. The first-order valence-corrected chi connectivity index (χ1v) is 5.87. The average Bonchev–Trinajstić information content (AvgIpc) is 2.69. The second-order valence-electron chi connectivity index (χ2n) is 4.35. The Bertz CT molecular complexity index is 322. The standard InChI is InChI=1S/C13H20N2/c1-11(5-4-9-14)15-10-8-12-6-2-3-7-13(12)15/h2-3,6-7,11H,4-5,8-10,14H2,1H3. The molecule has 0 bridgehead atoms. The summed E-state index contributed by atoms with van der Waals surface area (Å²) >= 11 is 0. The van der Waals surface area contributed by atoms with E-state index in [4.69, 9.17) is 5.73 Å². The summed E-state index contributed by atoms with van der Waals surface area (Å²) in [5, 5.41) is 0. The van der Waals surface area contributed by atoms with Crippen molar-refractivity contribution in [3.63, 3.8) is 0 Å². The molecule has 1 unspecified atom stereocenters. The van der Waals surface area contributed by atoms with E-state index in [1.165, 1.54) is 30.6 Å². The maximum absolute atomic E-state index is 5.55. The first kappa shape index (κ1) is 10.5. The van der Waals surface area contributed by atoms with Crippen molar-refractivity contribution in [2.75, 3.05) is 18.0 Å². The number of hydrogen-bond donors (Lipinski definition) is 1. The van der Waals surface area contributed by atoms with Crippen LogP contribution in [0.2, 0.25) is 0 Å². The smallest absolute Gasteiger partial charge is 0.0401 e. The number of fused-ring (bicyclic) bond motifs is 1. The second kappa shape index (κ2) is 4.67. The lowest BCUT2D eigenvalue weighted by Gasteiger charge is -2.27.